The van der Waals surface area contributed by atoms with Gasteiger partial charge in [0, 0.05) is 13.2 Å². The predicted molar refractivity (Wildman–Crippen MR) is 135 cm³/mol. The minimum Gasteiger partial charge on any atom is -0.381 e. The lowest BCUT2D eigenvalue weighted by Crippen LogP contribution is -2.51. The maximum atomic E-state index is 13.7. The van der Waals surface area contributed by atoms with Gasteiger partial charge in [-0.15, -0.1) is 0 Å². The number of amides is 1. The van der Waals surface area contributed by atoms with Crippen LogP contribution in [0, 0.1) is 19.3 Å². The summed E-state index contributed by atoms with van der Waals surface area (Å²) in [6.07, 6.45) is 6.87. The SMILES string of the molecule is COC1CCC(Cc2ccc(-c3cccc(C)c3C)cc2)(C(=O)NC2CCN(C)CC2)CC1. The standard InChI is InChI=1S/C29H40N2O2/c1-21-6-5-7-27(22(21)2)24-10-8-23(9-11-24)20-29(16-12-26(33-4)13-17-29)28(32)30-25-14-18-31(3)19-15-25/h5-11,25-26H,12-20H2,1-4H3,(H,30,32). The van der Waals surface area contributed by atoms with Crippen LogP contribution in [0.4, 0.5) is 0 Å². The first kappa shape index (κ1) is 24.0. The van der Waals surface area contributed by atoms with Gasteiger partial charge in [-0.1, -0.05) is 42.5 Å². The molecule has 1 N–H and O–H groups in total. The van der Waals surface area contributed by atoms with Gasteiger partial charge < -0.3 is 15.0 Å². The van der Waals surface area contributed by atoms with Gasteiger partial charge in [0.05, 0.1) is 11.5 Å². The Morgan fingerprint density at radius 2 is 1.70 bits per heavy atom. The van der Waals surface area contributed by atoms with E-state index in [-0.39, 0.29) is 17.4 Å². The molecule has 1 aliphatic heterocycles. The van der Waals surface area contributed by atoms with E-state index in [9.17, 15) is 4.79 Å². The zero-order valence-corrected chi connectivity index (χ0v) is 20.8. The monoisotopic (exact) mass is 448 g/mol. The normalized spacial score (nSPS) is 24.5. The molecule has 0 atom stereocenters. The molecule has 4 rings (SSSR count). The molecule has 2 aliphatic rings. The van der Waals surface area contributed by atoms with Crippen LogP contribution < -0.4 is 5.32 Å². The summed E-state index contributed by atoms with van der Waals surface area (Å²) in [6.45, 7) is 6.47. The summed E-state index contributed by atoms with van der Waals surface area (Å²) < 4.78 is 5.62. The van der Waals surface area contributed by atoms with Gasteiger partial charge in [0.1, 0.15) is 0 Å². The van der Waals surface area contributed by atoms with E-state index < -0.39 is 0 Å². The Morgan fingerprint density at radius 3 is 2.33 bits per heavy atom. The second kappa shape index (κ2) is 10.4. The van der Waals surface area contributed by atoms with E-state index in [1.54, 1.807) is 7.11 Å². The number of nitrogens with one attached hydrogen (secondary N) is 1. The summed E-state index contributed by atoms with van der Waals surface area (Å²) in [4.78, 5) is 16.0. The third-order valence-corrected chi connectivity index (χ3v) is 8.17. The number of likely N-dealkylation sites (tertiary alicyclic amines) is 1. The highest BCUT2D eigenvalue weighted by atomic mass is 16.5. The molecular formula is C29H40N2O2. The third kappa shape index (κ3) is 5.50. The van der Waals surface area contributed by atoms with Crippen molar-refractivity contribution < 1.29 is 9.53 Å². The zero-order chi connectivity index (χ0) is 23.4. The number of carbonyl (C=O) groups excluding carboxylic acids is 1. The molecule has 33 heavy (non-hydrogen) atoms. The van der Waals surface area contributed by atoms with Gasteiger partial charge in [-0.2, -0.15) is 0 Å². The Labute approximate surface area is 199 Å². The smallest absolute Gasteiger partial charge is 0.226 e. The minimum absolute atomic E-state index is 0.255. The van der Waals surface area contributed by atoms with Gasteiger partial charge >= 0.3 is 0 Å². The Kier molecular flexibility index (Phi) is 7.55. The van der Waals surface area contributed by atoms with E-state index in [4.69, 9.17) is 4.74 Å². The van der Waals surface area contributed by atoms with Gasteiger partial charge in [0.2, 0.25) is 5.91 Å². The number of aryl methyl sites for hydroxylation is 1. The Morgan fingerprint density at radius 1 is 1.03 bits per heavy atom. The quantitative estimate of drug-likeness (QED) is 0.652. The van der Waals surface area contributed by atoms with E-state index in [2.05, 4.69) is 73.6 Å². The van der Waals surface area contributed by atoms with Gasteiger partial charge in [-0.05, 0) is 107 Å². The summed E-state index contributed by atoms with van der Waals surface area (Å²) in [6, 6.07) is 15.7. The van der Waals surface area contributed by atoms with Crippen molar-refractivity contribution in [2.45, 2.75) is 70.9 Å². The van der Waals surface area contributed by atoms with E-state index >= 15 is 0 Å². The fourth-order valence-electron chi connectivity index (χ4n) is 5.61. The number of benzene rings is 2. The van der Waals surface area contributed by atoms with Crippen LogP contribution in [0.15, 0.2) is 42.5 Å². The highest BCUT2D eigenvalue weighted by molar-refractivity contribution is 5.83. The molecular weight excluding hydrogens is 408 g/mol. The third-order valence-electron chi connectivity index (χ3n) is 8.17. The molecule has 1 heterocycles. The second-order valence-electron chi connectivity index (χ2n) is 10.4. The van der Waals surface area contributed by atoms with Gasteiger partial charge in [-0.25, -0.2) is 0 Å². The van der Waals surface area contributed by atoms with Crippen molar-refractivity contribution in [1.82, 2.24) is 10.2 Å². The molecule has 0 unspecified atom stereocenters. The average molecular weight is 449 g/mol. The molecule has 178 valence electrons. The maximum absolute atomic E-state index is 13.7. The number of methoxy groups -OCH3 is 1. The molecule has 0 bridgehead atoms. The number of ether oxygens (including phenoxy) is 1. The summed E-state index contributed by atoms with van der Waals surface area (Å²) in [5.74, 6) is 0.255. The zero-order valence-electron chi connectivity index (χ0n) is 20.8. The first-order valence-corrected chi connectivity index (χ1v) is 12.6. The van der Waals surface area contributed by atoms with Crippen molar-refractivity contribution in [3.05, 3.63) is 59.2 Å². The highest BCUT2D eigenvalue weighted by Crippen LogP contribution is 2.41. The largest absolute Gasteiger partial charge is 0.381 e. The maximum Gasteiger partial charge on any atom is 0.226 e. The molecule has 1 saturated carbocycles. The number of piperidine rings is 1. The van der Waals surface area contributed by atoms with Gasteiger partial charge in [0.15, 0.2) is 0 Å². The Bertz CT molecular complexity index is 937. The first-order chi connectivity index (χ1) is 15.9. The molecule has 0 spiro atoms. The van der Waals surface area contributed by atoms with E-state index in [1.807, 2.05) is 0 Å². The fraction of sp³-hybridized carbons (Fsp3) is 0.552. The lowest BCUT2D eigenvalue weighted by molar-refractivity contribution is -0.135. The molecule has 2 aromatic rings. The van der Waals surface area contributed by atoms with Crippen LogP contribution in [0.1, 0.15) is 55.2 Å². The van der Waals surface area contributed by atoms with Crippen LogP contribution in [-0.4, -0.2) is 50.2 Å². The first-order valence-electron chi connectivity index (χ1n) is 12.6. The summed E-state index contributed by atoms with van der Waals surface area (Å²) >= 11 is 0. The van der Waals surface area contributed by atoms with Gasteiger partial charge in [0.25, 0.3) is 0 Å². The Balaban J connectivity index is 1.51. The van der Waals surface area contributed by atoms with E-state index in [0.717, 1.165) is 58.0 Å². The van der Waals surface area contributed by atoms with Crippen molar-refractivity contribution >= 4 is 5.91 Å². The summed E-state index contributed by atoms with van der Waals surface area (Å²) in [5, 5.41) is 3.45. The number of carbonyl (C=O) groups is 1. The Hall–Kier alpha value is -2.17. The van der Waals surface area contributed by atoms with Crippen LogP contribution in [0.5, 0.6) is 0 Å². The van der Waals surface area contributed by atoms with Crippen LogP contribution in [-0.2, 0) is 16.0 Å². The fourth-order valence-corrected chi connectivity index (χ4v) is 5.61. The molecule has 2 aromatic carbocycles. The molecule has 1 saturated heterocycles. The highest BCUT2D eigenvalue weighted by Gasteiger charge is 2.42. The van der Waals surface area contributed by atoms with Crippen molar-refractivity contribution in [2.75, 3.05) is 27.2 Å². The van der Waals surface area contributed by atoms with Crippen LogP contribution in [0.3, 0.4) is 0 Å². The molecule has 1 aliphatic carbocycles. The molecule has 1 amide bonds. The van der Waals surface area contributed by atoms with E-state index in [1.165, 1.54) is 27.8 Å². The summed E-state index contributed by atoms with van der Waals surface area (Å²) in [5.41, 5.74) is 6.09. The number of hydrogen-bond acceptors (Lipinski definition) is 3. The summed E-state index contributed by atoms with van der Waals surface area (Å²) in [7, 11) is 3.95. The van der Waals surface area contributed by atoms with Gasteiger partial charge in [-0.3, -0.25) is 4.79 Å². The predicted octanol–water partition coefficient (Wildman–Crippen LogP) is 5.30. The number of hydrogen-bond donors (Lipinski definition) is 1. The van der Waals surface area contributed by atoms with Crippen LogP contribution in [0.2, 0.25) is 0 Å². The lowest BCUT2D eigenvalue weighted by Gasteiger charge is -2.40. The molecule has 0 aromatic heterocycles. The molecule has 4 nitrogen and oxygen atoms in total. The number of rotatable bonds is 6. The van der Waals surface area contributed by atoms with E-state index in [0.29, 0.717) is 6.04 Å². The topological polar surface area (TPSA) is 41.6 Å². The lowest BCUT2D eigenvalue weighted by atomic mass is 9.68. The molecule has 2 fully saturated rings. The van der Waals surface area contributed by atoms with Crippen molar-refractivity contribution in [3.8, 4) is 11.1 Å². The number of nitrogens with zero attached hydrogens (tertiary/aromatic N) is 1. The van der Waals surface area contributed by atoms with Crippen LogP contribution in [0.25, 0.3) is 11.1 Å². The van der Waals surface area contributed by atoms with Crippen LogP contribution >= 0.6 is 0 Å². The van der Waals surface area contributed by atoms with Crippen molar-refractivity contribution in [2.24, 2.45) is 5.41 Å². The molecule has 4 heteroatoms. The minimum atomic E-state index is -0.334. The molecule has 0 radical (unpaired) electrons. The van der Waals surface area contributed by atoms with Crippen molar-refractivity contribution in [1.29, 1.82) is 0 Å². The average Bonchev–Trinajstić information content (AvgIpc) is 2.83. The van der Waals surface area contributed by atoms with Crippen molar-refractivity contribution in [3.63, 3.8) is 0 Å². The second-order valence-corrected chi connectivity index (χ2v) is 10.4.